The molecule has 6 nitrogen and oxygen atoms in total. The van der Waals surface area contributed by atoms with Crippen LogP contribution in [0.15, 0.2) is 66.9 Å². The van der Waals surface area contributed by atoms with Gasteiger partial charge in [-0.15, -0.1) is 5.10 Å². The van der Waals surface area contributed by atoms with Crippen LogP contribution in [-0.4, -0.2) is 32.2 Å². The predicted octanol–water partition coefficient (Wildman–Crippen LogP) is 5.90. The van der Waals surface area contributed by atoms with Crippen molar-refractivity contribution in [3.63, 3.8) is 0 Å². The second kappa shape index (κ2) is 10.8. The van der Waals surface area contributed by atoms with E-state index in [1.165, 1.54) is 30.5 Å². The molecule has 1 heterocycles. The van der Waals surface area contributed by atoms with E-state index in [1.807, 2.05) is 31.3 Å². The van der Waals surface area contributed by atoms with Crippen molar-refractivity contribution < 1.29 is 14.2 Å². The molecule has 1 aromatic heterocycles. The van der Waals surface area contributed by atoms with Gasteiger partial charge in [0.1, 0.15) is 18.1 Å². The maximum atomic E-state index is 13.1. The van der Waals surface area contributed by atoms with Crippen LogP contribution in [0, 0.1) is 5.82 Å². The van der Waals surface area contributed by atoms with Crippen LogP contribution in [-0.2, 0) is 19.7 Å². The molecule has 0 saturated carbocycles. The Morgan fingerprint density at radius 2 is 1.44 bits per heavy atom. The number of phenols is 1. The summed E-state index contributed by atoms with van der Waals surface area (Å²) in [5.41, 5.74) is 4.21. The molecule has 0 radical (unpaired) electrons. The van der Waals surface area contributed by atoms with Gasteiger partial charge in [-0.1, -0.05) is 64.7 Å². The van der Waals surface area contributed by atoms with Gasteiger partial charge < -0.3 is 9.84 Å². The number of phenolic OH excluding ortho intramolecular Hbond substituents is 1. The molecule has 0 bridgehead atoms. The summed E-state index contributed by atoms with van der Waals surface area (Å²) in [6.07, 6.45) is 1.50. The molecule has 0 amide bonds. The summed E-state index contributed by atoms with van der Waals surface area (Å²) in [5, 5.41) is 18.0. The van der Waals surface area contributed by atoms with Gasteiger partial charge in [-0.05, 0) is 48.0 Å². The SMILES string of the molecule is CN(Cc1ccc(F)cc1)Cc1ccc(COc2ncc(-c3cc(Cl)c(O)c(Cl)c3)nn2)cc1. The van der Waals surface area contributed by atoms with E-state index in [1.54, 1.807) is 12.1 Å². The van der Waals surface area contributed by atoms with Crippen LogP contribution in [0.5, 0.6) is 11.8 Å². The second-order valence-electron chi connectivity index (χ2n) is 7.82. The van der Waals surface area contributed by atoms with Crippen LogP contribution in [0.3, 0.4) is 0 Å². The van der Waals surface area contributed by atoms with Gasteiger partial charge in [0.2, 0.25) is 0 Å². The molecule has 0 atom stereocenters. The third-order valence-corrected chi connectivity index (χ3v) is 5.64. The molecule has 4 rings (SSSR count). The lowest BCUT2D eigenvalue weighted by Crippen LogP contribution is -2.17. The van der Waals surface area contributed by atoms with Crippen LogP contribution >= 0.6 is 23.2 Å². The molecular weight excluding hydrogens is 478 g/mol. The van der Waals surface area contributed by atoms with E-state index in [0.717, 1.165) is 29.8 Å². The van der Waals surface area contributed by atoms with Gasteiger partial charge in [0, 0.05) is 18.7 Å². The van der Waals surface area contributed by atoms with Crippen molar-refractivity contribution in [1.29, 1.82) is 0 Å². The monoisotopic (exact) mass is 498 g/mol. The minimum absolute atomic E-state index is 0.120. The van der Waals surface area contributed by atoms with Crippen molar-refractivity contribution in [2.24, 2.45) is 0 Å². The van der Waals surface area contributed by atoms with Crippen LogP contribution in [0.1, 0.15) is 16.7 Å². The third-order valence-electron chi connectivity index (χ3n) is 5.06. The number of ether oxygens (including phenoxy) is 1. The molecule has 34 heavy (non-hydrogen) atoms. The Balaban J connectivity index is 1.30. The summed E-state index contributed by atoms with van der Waals surface area (Å²) in [5.74, 6) is -0.410. The van der Waals surface area contributed by atoms with E-state index in [0.29, 0.717) is 17.9 Å². The Morgan fingerprint density at radius 1 is 0.882 bits per heavy atom. The first kappa shape index (κ1) is 23.9. The van der Waals surface area contributed by atoms with E-state index < -0.39 is 0 Å². The van der Waals surface area contributed by atoms with Gasteiger partial charge in [-0.25, -0.2) is 9.37 Å². The van der Waals surface area contributed by atoms with Crippen LogP contribution in [0.25, 0.3) is 11.3 Å². The number of halogens is 3. The lowest BCUT2D eigenvalue weighted by Gasteiger charge is -2.17. The molecule has 0 aliphatic heterocycles. The summed E-state index contributed by atoms with van der Waals surface area (Å²) >= 11 is 11.9. The van der Waals surface area contributed by atoms with Crippen LogP contribution < -0.4 is 4.74 Å². The standard InChI is InChI=1S/C25H21Cl2FN4O2/c1-32(14-17-6-8-20(28)9-7-17)13-16-2-4-18(5-3-16)15-34-25-29-12-23(30-31-25)19-10-21(26)24(33)22(27)11-19/h2-12,33H,13-15H2,1H3. The van der Waals surface area contributed by atoms with Crippen LogP contribution in [0.4, 0.5) is 4.39 Å². The number of aromatic hydroxyl groups is 1. The molecule has 174 valence electrons. The van der Waals surface area contributed by atoms with Crippen molar-refractivity contribution >= 4 is 23.2 Å². The second-order valence-corrected chi connectivity index (χ2v) is 8.63. The summed E-state index contributed by atoms with van der Waals surface area (Å²) in [6.45, 7) is 1.79. The van der Waals surface area contributed by atoms with Crippen molar-refractivity contribution in [3.05, 3.63) is 99.4 Å². The van der Waals surface area contributed by atoms with Gasteiger partial charge >= 0.3 is 6.01 Å². The van der Waals surface area contributed by atoms with Gasteiger partial charge in [0.15, 0.2) is 5.75 Å². The normalized spacial score (nSPS) is 11.1. The van der Waals surface area contributed by atoms with Gasteiger partial charge in [-0.2, -0.15) is 0 Å². The van der Waals surface area contributed by atoms with Crippen molar-refractivity contribution in [3.8, 4) is 23.0 Å². The maximum Gasteiger partial charge on any atom is 0.336 e. The fourth-order valence-corrected chi connectivity index (χ4v) is 3.82. The zero-order valence-electron chi connectivity index (χ0n) is 18.3. The Hall–Kier alpha value is -3.26. The fraction of sp³-hybridized carbons (Fsp3) is 0.160. The van der Waals surface area contributed by atoms with Gasteiger partial charge in [0.25, 0.3) is 0 Å². The highest BCUT2D eigenvalue weighted by molar-refractivity contribution is 6.37. The summed E-state index contributed by atoms with van der Waals surface area (Å²) in [7, 11) is 2.02. The summed E-state index contributed by atoms with van der Waals surface area (Å²) < 4.78 is 18.7. The Morgan fingerprint density at radius 3 is 2.00 bits per heavy atom. The smallest absolute Gasteiger partial charge is 0.336 e. The fourth-order valence-electron chi connectivity index (χ4n) is 3.33. The van der Waals surface area contributed by atoms with E-state index in [4.69, 9.17) is 27.9 Å². The van der Waals surface area contributed by atoms with Crippen molar-refractivity contribution in [2.45, 2.75) is 19.7 Å². The topological polar surface area (TPSA) is 71.4 Å². The third kappa shape index (κ3) is 6.20. The number of rotatable bonds is 8. The highest BCUT2D eigenvalue weighted by Crippen LogP contribution is 2.35. The zero-order valence-corrected chi connectivity index (χ0v) is 19.8. The first-order valence-electron chi connectivity index (χ1n) is 10.4. The number of hydrogen-bond donors (Lipinski definition) is 1. The Bertz CT molecular complexity index is 1230. The van der Waals surface area contributed by atoms with Crippen LogP contribution in [0.2, 0.25) is 10.0 Å². The molecule has 0 aliphatic rings. The van der Waals surface area contributed by atoms with E-state index >= 15 is 0 Å². The van der Waals surface area contributed by atoms with E-state index in [9.17, 15) is 9.50 Å². The van der Waals surface area contributed by atoms with Gasteiger partial charge in [0.05, 0.1) is 16.2 Å². The number of benzene rings is 3. The number of aromatic nitrogens is 3. The minimum atomic E-state index is -0.228. The largest absolute Gasteiger partial charge is 0.505 e. The first-order valence-corrected chi connectivity index (χ1v) is 11.1. The molecule has 0 fully saturated rings. The summed E-state index contributed by atoms with van der Waals surface area (Å²) in [6, 6.07) is 17.8. The molecule has 0 aliphatic carbocycles. The van der Waals surface area contributed by atoms with Crippen molar-refractivity contribution in [2.75, 3.05) is 7.05 Å². The van der Waals surface area contributed by atoms with Gasteiger partial charge in [-0.3, -0.25) is 4.90 Å². The highest BCUT2D eigenvalue weighted by atomic mass is 35.5. The van der Waals surface area contributed by atoms with Crippen molar-refractivity contribution in [1.82, 2.24) is 20.1 Å². The number of nitrogens with zero attached hydrogens (tertiary/aromatic N) is 4. The first-order chi connectivity index (χ1) is 16.4. The number of hydrogen-bond acceptors (Lipinski definition) is 6. The predicted molar refractivity (Wildman–Crippen MR) is 129 cm³/mol. The molecule has 0 unspecified atom stereocenters. The summed E-state index contributed by atoms with van der Waals surface area (Å²) in [4.78, 5) is 6.34. The average molecular weight is 499 g/mol. The molecule has 4 aromatic rings. The molecule has 3 aromatic carbocycles. The van der Waals surface area contributed by atoms with E-state index in [-0.39, 0.29) is 27.6 Å². The molecule has 9 heteroatoms. The lowest BCUT2D eigenvalue weighted by atomic mass is 10.1. The molecular formula is C25H21Cl2FN4O2. The van der Waals surface area contributed by atoms with E-state index in [2.05, 4.69) is 20.1 Å². The maximum absolute atomic E-state index is 13.1. The highest BCUT2D eigenvalue weighted by Gasteiger charge is 2.11. The Labute approximate surface area is 206 Å². The Kier molecular flexibility index (Phi) is 7.57. The zero-order chi connectivity index (χ0) is 24.1. The minimum Gasteiger partial charge on any atom is -0.505 e. The molecule has 0 spiro atoms. The average Bonchev–Trinajstić information content (AvgIpc) is 2.83. The quantitative estimate of drug-likeness (QED) is 0.326. The molecule has 1 N–H and O–H groups in total. The lowest BCUT2D eigenvalue weighted by molar-refractivity contribution is 0.276. The molecule has 0 saturated heterocycles.